The van der Waals surface area contributed by atoms with Crippen LogP contribution in [0.15, 0.2) is 23.6 Å². The Kier molecular flexibility index (Phi) is 2.48. The van der Waals surface area contributed by atoms with Crippen LogP contribution in [0.3, 0.4) is 0 Å². The van der Waals surface area contributed by atoms with Crippen LogP contribution in [0.5, 0.6) is 0 Å². The van der Waals surface area contributed by atoms with Crippen LogP contribution in [-0.4, -0.2) is 33.0 Å². The van der Waals surface area contributed by atoms with Gasteiger partial charge >= 0.3 is 0 Å². The quantitative estimate of drug-likeness (QED) is 0.720. The van der Waals surface area contributed by atoms with Crippen LogP contribution in [0.4, 0.5) is 0 Å². The lowest BCUT2D eigenvalue weighted by atomic mass is 10.6. The van der Waals surface area contributed by atoms with Crippen LogP contribution in [-0.2, 0) is 23.6 Å². The maximum Gasteiger partial charge on any atom is 0.273 e. The molecule has 0 aliphatic carbocycles. The van der Waals surface area contributed by atoms with Crippen molar-refractivity contribution in [3.8, 4) is 0 Å². The molecule has 9 heteroatoms. The summed E-state index contributed by atoms with van der Waals surface area (Å²) < 4.78 is 25.1. The molecular weight excluding hydrogens is 232 g/mol. The van der Waals surface area contributed by atoms with Crippen LogP contribution < -0.4 is 5.14 Å². The number of hydrogen-bond donors (Lipinski definition) is 1. The van der Waals surface area contributed by atoms with Crippen molar-refractivity contribution in [2.24, 2.45) is 12.2 Å². The minimum atomic E-state index is -3.83. The highest BCUT2D eigenvalue weighted by Gasteiger charge is 2.18. The first-order valence-electron chi connectivity index (χ1n) is 4.37. The summed E-state index contributed by atoms with van der Waals surface area (Å²) in [6.07, 6.45) is 3.36. The van der Waals surface area contributed by atoms with Gasteiger partial charge < -0.3 is 4.57 Å². The van der Waals surface area contributed by atoms with Crippen molar-refractivity contribution in [3.05, 3.63) is 24.3 Å². The third-order valence-corrected chi connectivity index (χ3v) is 2.91. The van der Waals surface area contributed by atoms with Gasteiger partial charge in [0.05, 0.1) is 0 Å². The summed E-state index contributed by atoms with van der Waals surface area (Å²) in [5.41, 5.74) is 0. The summed E-state index contributed by atoms with van der Waals surface area (Å²) in [5.74, 6) is 0.465. The molecule has 2 N–H and O–H groups in total. The average molecular weight is 242 g/mol. The Morgan fingerprint density at radius 1 is 1.44 bits per heavy atom. The summed E-state index contributed by atoms with van der Waals surface area (Å²) >= 11 is 0. The zero-order chi connectivity index (χ0) is 11.8. The van der Waals surface area contributed by atoms with Gasteiger partial charge in [0.25, 0.3) is 15.2 Å². The Hall–Kier alpha value is -1.74. The first-order chi connectivity index (χ1) is 7.48. The lowest BCUT2D eigenvalue weighted by molar-refractivity contribution is 0.572. The van der Waals surface area contributed by atoms with Gasteiger partial charge in [-0.15, -0.1) is 10.2 Å². The van der Waals surface area contributed by atoms with Gasteiger partial charge in [-0.3, -0.25) is 4.68 Å². The molecule has 0 spiro atoms. The Balaban J connectivity index is 2.35. The largest absolute Gasteiger partial charge is 0.302 e. The van der Waals surface area contributed by atoms with Gasteiger partial charge in [-0.2, -0.15) is 5.10 Å². The van der Waals surface area contributed by atoms with E-state index in [1.54, 1.807) is 30.2 Å². The number of nitrogens with two attached hydrogens (primary N) is 1. The molecule has 0 aromatic carbocycles. The van der Waals surface area contributed by atoms with E-state index in [0.29, 0.717) is 12.4 Å². The van der Waals surface area contributed by atoms with Crippen LogP contribution >= 0.6 is 0 Å². The molecule has 0 fully saturated rings. The standard InChI is InChI=1S/C7H10N6O2S/c1-12-6(5-13-4-2-3-9-13)10-11-7(12)16(8,14)15/h2-4H,5H2,1H3,(H2,8,14,15). The van der Waals surface area contributed by atoms with E-state index in [0.717, 1.165) is 0 Å². The second kappa shape index (κ2) is 3.68. The van der Waals surface area contributed by atoms with Crippen molar-refractivity contribution in [3.63, 3.8) is 0 Å². The van der Waals surface area contributed by atoms with Crippen molar-refractivity contribution in [1.29, 1.82) is 0 Å². The van der Waals surface area contributed by atoms with Crippen LogP contribution in [0.2, 0.25) is 0 Å². The molecule has 0 aliphatic rings. The van der Waals surface area contributed by atoms with E-state index in [9.17, 15) is 8.42 Å². The highest BCUT2D eigenvalue weighted by Crippen LogP contribution is 2.05. The summed E-state index contributed by atoms with van der Waals surface area (Å²) in [5, 5.41) is 16.0. The van der Waals surface area contributed by atoms with Crippen molar-refractivity contribution in [2.45, 2.75) is 11.7 Å². The lowest BCUT2D eigenvalue weighted by Gasteiger charge is -2.02. The van der Waals surface area contributed by atoms with Gasteiger partial charge in [0.15, 0.2) is 5.82 Å². The Morgan fingerprint density at radius 3 is 2.69 bits per heavy atom. The molecule has 0 amide bonds. The van der Waals surface area contributed by atoms with Gasteiger partial charge in [-0.25, -0.2) is 13.6 Å². The van der Waals surface area contributed by atoms with E-state index < -0.39 is 10.0 Å². The van der Waals surface area contributed by atoms with E-state index in [1.807, 2.05) is 0 Å². The Bertz CT molecular complexity index is 584. The average Bonchev–Trinajstić information content (AvgIpc) is 2.76. The third kappa shape index (κ3) is 1.95. The molecule has 0 atom stereocenters. The molecule has 0 aliphatic heterocycles. The molecule has 8 nitrogen and oxygen atoms in total. The fourth-order valence-corrected chi connectivity index (χ4v) is 1.91. The molecular formula is C7H10N6O2S. The van der Waals surface area contributed by atoms with Crippen molar-refractivity contribution >= 4 is 10.0 Å². The maximum absolute atomic E-state index is 11.1. The summed E-state index contributed by atoms with van der Waals surface area (Å²) in [6, 6.07) is 1.76. The summed E-state index contributed by atoms with van der Waals surface area (Å²) in [4.78, 5) is 0. The molecule has 86 valence electrons. The highest BCUT2D eigenvalue weighted by atomic mass is 32.2. The van der Waals surface area contributed by atoms with Gasteiger partial charge in [-0.1, -0.05) is 0 Å². The molecule has 16 heavy (non-hydrogen) atoms. The number of nitrogens with zero attached hydrogens (tertiary/aromatic N) is 5. The number of sulfonamides is 1. The Morgan fingerprint density at radius 2 is 2.19 bits per heavy atom. The van der Waals surface area contributed by atoms with E-state index in [2.05, 4.69) is 15.3 Å². The SMILES string of the molecule is Cn1c(Cn2cccn2)nnc1S(N)(=O)=O. The number of hydrogen-bond acceptors (Lipinski definition) is 5. The van der Waals surface area contributed by atoms with Gasteiger partial charge in [0.1, 0.15) is 6.54 Å². The van der Waals surface area contributed by atoms with Gasteiger partial charge in [-0.05, 0) is 6.07 Å². The van der Waals surface area contributed by atoms with Gasteiger partial charge in [0, 0.05) is 19.4 Å². The number of rotatable bonds is 3. The van der Waals surface area contributed by atoms with Gasteiger partial charge in [0.2, 0.25) is 0 Å². The molecule has 0 radical (unpaired) electrons. The molecule has 0 bridgehead atoms. The number of aromatic nitrogens is 5. The predicted octanol–water partition coefficient (Wildman–Crippen LogP) is -1.29. The van der Waals surface area contributed by atoms with E-state index in [4.69, 9.17) is 5.14 Å². The third-order valence-electron chi connectivity index (χ3n) is 2.04. The van der Waals surface area contributed by atoms with Crippen molar-refractivity contribution in [2.75, 3.05) is 0 Å². The lowest BCUT2D eigenvalue weighted by Crippen LogP contribution is -2.18. The zero-order valence-electron chi connectivity index (χ0n) is 8.48. The highest BCUT2D eigenvalue weighted by molar-refractivity contribution is 7.89. The molecule has 2 heterocycles. The van der Waals surface area contributed by atoms with Crippen LogP contribution in [0, 0.1) is 0 Å². The van der Waals surface area contributed by atoms with Crippen LogP contribution in [0.1, 0.15) is 5.82 Å². The van der Waals surface area contributed by atoms with Crippen LogP contribution in [0.25, 0.3) is 0 Å². The molecule has 2 aromatic rings. The van der Waals surface area contributed by atoms with Crippen molar-refractivity contribution < 1.29 is 8.42 Å². The molecule has 2 rings (SSSR count). The second-order valence-corrected chi connectivity index (χ2v) is 4.66. The second-order valence-electron chi connectivity index (χ2n) is 3.21. The van der Waals surface area contributed by atoms with E-state index in [-0.39, 0.29) is 5.16 Å². The fraction of sp³-hybridized carbons (Fsp3) is 0.286. The summed E-state index contributed by atoms with van der Waals surface area (Å²) in [7, 11) is -2.29. The monoisotopic (exact) mass is 242 g/mol. The topological polar surface area (TPSA) is 109 Å². The first kappa shape index (κ1) is 10.8. The fourth-order valence-electron chi connectivity index (χ4n) is 1.27. The first-order valence-corrected chi connectivity index (χ1v) is 5.91. The predicted molar refractivity (Wildman–Crippen MR) is 53.7 cm³/mol. The van der Waals surface area contributed by atoms with Crippen molar-refractivity contribution in [1.82, 2.24) is 24.5 Å². The minimum absolute atomic E-state index is 0.255. The zero-order valence-corrected chi connectivity index (χ0v) is 9.29. The van der Waals surface area contributed by atoms with E-state index >= 15 is 0 Å². The minimum Gasteiger partial charge on any atom is -0.302 e. The summed E-state index contributed by atoms with van der Waals surface area (Å²) in [6.45, 7) is 0.339. The number of primary sulfonamides is 1. The molecule has 2 aromatic heterocycles. The van der Waals surface area contributed by atoms with E-state index in [1.165, 1.54) is 4.57 Å². The molecule has 0 saturated carbocycles. The molecule has 0 saturated heterocycles. The normalized spacial score (nSPS) is 11.9. The molecule has 0 unspecified atom stereocenters. The maximum atomic E-state index is 11.1. The smallest absolute Gasteiger partial charge is 0.273 e. The Labute approximate surface area is 91.8 Å².